The van der Waals surface area contributed by atoms with Crippen LogP contribution in [-0.4, -0.2) is 32.4 Å². The molecule has 4 heterocycles. The molecule has 128 valence electrons. The minimum atomic E-state index is 0.0452. The standard InChI is InChI=1S/C18H19IN6/c19-13-11-23-17(25-9-6-22-16(13)25)24-7-3-18(4-8-24)10-12-2-1-5-21-14(12)15(18)20/h1-2,5-6,9,11,15H,3-4,7-8,10,20H2/t15-/m1/s1. The van der Waals surface area contributed by atoms with Crippen molar-refractivity contribution in [2.75, 3.05) is 18.0 Å². The van der Waals surface area contributed by atoms with Crippen LogP contribution in [0, 0.1) is 8.99 Å². The van der Waals surface area contributed by atoms with Gasteiger partial charge in [0.15, 0.2) is 5.65 Å². The Kier molecular flexibility index (Phi) is 3.50. The number of hydrogen-bond donors (Lipinski definition) is 1. The predicted octanol–water partition coefficient (Wildman–Crippen LogP) is 2.57. The molecule has 1 aliphatic carbocycles. The Balaban J connectivity index is 1.42. The molecule has 1 aliphatic heterocycles. The fraction of sp³-hybridized carbons (Fsp3) is 0.389. The number of pyridine rings is 1. The van der Waals surface area contributed by atoms with Gasteiger partial charge in [0.05, 0.1) is 15.3 Å². The number of piperidine rings is 1. The van der Waals surface area contributed by atoms with Crippen LogP contribution < -0.4 is 10.6 Å². The molecule has 1 spiro atoms. The van der Waals surface area contributed by atoms with E-state index in [1.54, 1.807) is 0 Å². The lowest BCUT2D eigenvalue weighted by molar-refractivity contribution is 0.185. The first-order chi connectivity index (χ1) is 12.2. The maximum atomic E-state index is 6.62. The molecule has 1 fully saturated rings. The van der Waals surface area contributed by atoms with Crippen molar-refractivity contribution in [1.29, 1.82) is 0 Å². The summed E-state index contributed by atoms with van der Waals surface area (Å²) in [6.07, 6.45) is 10.8. The number of anilines is 1. The summed E-state index contributed by atoms with van der Waals surface area (Å²) in [6.45, 7) is 1.92. The van der Waals surface area contributed by atoms with Gasteiger partial charge >= 0.3 is 0 Å². The highest BCUT2D eigenvalue weighted by Gasteiger charge is 2.47. The maximum absolute atomic E-state index is 6.62. The number of imidazole rings is 1. The molecule has 0 amide bonds. The molecular formula is C18H19IN6. The van der Waals surface area contributed by atoms with Crippen molar-refractivity contribution in [2.24, 2.45) is 11.1 Å². The van der Waals surface area contributed by atoms with E-state index in [9.17, 15) is 0 Å². The van der Waals surface area contributed by atoms with E-state index >= 15 is 0 Å². The summed E-state index contributed by atoms with van der Waals surface area (Å²) in [5.74, 6) is 0.977. The summed E-state index contributed by atoms with van der Waals surface area (Å²) >= 11 is 2.28. The molecule has 7 heteroatoms. The van der Waals surface area contributed by atoms with Crippen molar-refractivity contribution in [3.8, 4) is 0 Å². The van der Waals surface area contributed by atoms with Crippen LogP contribution in [0.3, 0.4) is 0 Å². The van der Waals surface area contributed by atoms with Gasteiger partial charge in [-0.1, -0.05) is 6.07 Å². The normalized spacial score (nSPS) is 21.8. The van der Waals surface area contributed by atoms with Crippen LogP contribution in [0.2, 0.25) is 0 Å². The summed E-state index contributed by atoms with van der Waals surface area (Å²) in [4.78, 5) is 16.0. The summed E-state index contributed by atoms with van der Waals surface area (Å²) in [5.41, 5.74) is 10.2. The third-order valence-corrected chi connectivity index (χ3v) is 6.59. The Morgan fingerprint density at radius 1 is 1.16 bits per heavy atom. The highest BCUT2D eigenvalue weighted by molar-refractivity contribution is 14.1. The van der Waals surface area contributed by atoms with Crippen molar-refractivity contribution in [3.63, 3.8) is 0 Å². The molecule has 2 aliphatic rings. The highest BCUT2D eigenvalue weighted by atomic mass is 127. The van der Waals surface area contributed by atoms with Gasteiger partial charge in [0, 0.05) is 37.9 Å². The molecule has 2 N–H and O–H groups in total. The van der Waals surface area contributed by atoms with E-state index in [0.29, 0.717) is 0 Å². The number of rotatable bonds is 1. The minimum absolute atomic E-state index is 0.0452. The average molecular weight is 446 g/mol. The first-order valence-corrected chi connectivity index (χ1v) is 9.68. The lowest BCUT2D eigenvalue weighted by Gasteiger charge is -2.42. The molecule has 0 radical (unpaired) electrons. The van der Waals surface area contributed by atoms with Crippen LogP contribution >= 0.6 is 22.6 Å². The molecule has 6 nitrogen and oxygen atoms in total. The van der Waals surface area contributed by atoms with Crippen LogP contribution in [0.15, 0.2) is 36.9 Å². The zero-order valence-electron chi connectivity index (χ0n) is 13.8. The number of halogens is 1. The molecule has 5 rings (SSSR count). The Labute approximate surface area is 159 Å². The van der Waals surface area contributed by atoms with E-state index in [2.05, 4.69) is 52.9 Å². The highest BCUT2D eigenvalue weighted by Crippen LogP contribution is 2.50. The summed E-state index contributed by atoms with van der Waals surface area (Å²) in [6, 6.07) is 4.24. The van der Waals surface area contributed by atoms with Crippen molar-refractivity contribution in [3.05, 3.63) is 51.7 Å². The Morgan fingerprint density at radius 3 is 2.80 bits per heavy atom. The van der Waals surface area contributed by atoms with E-state index in [4.69, 9.17) is 5.73 Å². The van der Waals surface area contributed by atoms with E-state index in [-0.39, 0.29) is 11.5 Å². The van der Waals surface area contributed by atoms with Crippen LogP contribution in [0.25, 0.3) is 5.65 Å². The van der Waals surface area contributed by atoms with Gasteiger partial charge in [-0.05, 0) is 58.9 Å². The molecule has 3 aromatic rings. The third-order valence-electron chi connectivity index (χ3n) is 5.83. The van der Waals surface area contributed by atoms with Gasteiger partial charge in [-0.2, -0.15) is 0 Å². The summed E-state index contributed by atoms with van der Waals surface area (Å²) < 4.78 is 3.16. The number of nitrogens with zero attached hydrogens (tertiary/aromatic N) is 5. The molecule has 1 atom stereocenters. The Morgan fingerprint density at radius 2 is 2.00 bits per heavy atom. The van der Waals surface area contributed by atoms with Crippen LogP contribution in [0.1, 0.15) is 30.1 Å². The Bertz CT molecular complexity index is 944. The molecule has 1 saturated heterocycles. The monoisotopic (exact) mass is 446 g/mol. The van der Waals surface area contributed by atoms with Gasteiger partial charge in [0.25, 0.3) is 0 Å². The number of aromatic nitrogens is 4. The average Bonchev–Trinajstić information content (AvgIpc) is 3.22. The molecule has 0 bridgehead atoms. The summed E-state index contributed by atoms with van der Waals surface area (Å²) in [5, 5.41) is 0. The van der Waals surface area contributed by atoms with Crippen molar-refractivity contribution < 1.29 is 0 Å². The van der Waals surface area contributed by atoms with Gasteiger partial charge in [0.1, 0.15) is 0 Å². The second-order valence-electron chi connectivity index (χ2n) is 7.08. The van der Waals surface area contributed by atoms with Crippen molar-refractivity contribution in [2.45, 2.75) is 25.3 Å². The van der Waals surface area contributed by atoms with E-state index in [0.717, 1.165) is 53.2 Å². The minimum Gasteiger partial charge on any atom is -0.342 e. The number of hydrogen-bond acceptors (Lipinski definition) is 5. The Hall–Kier alpha value is -1.74. The van der Waals surface area contributed by atoms with Gasteiger partial charge in [0.2, 0.25) is 5.95 Å². The first-order valence-electron chi connectivity index (χ1n) is 8.60. The van der Waals surface area contributed by atoms with Gasteiger partial charge in [-0.25, -0.2) is 9.97 Å². The SMILES string of the molecule is N[C@@H]1c2ncccc2CC12CCN(c1ncc(I)c3nccn13)CC2. The topological polar surface area (TPSA) is 72.3 Å². The second-order valence-corrected chi connectivity index (χ2v) is 8.24. The molecule has 0 saturated carbocycles. The van der Waals surface area contributed by atoms with Crippen LogP contribution in [0.5, 0.6) is 0 Å². The van der Waals surface area contributed by atoms with E-state index < -0.39 is 0 Å². The predicted molar refractivity (Wildman–Crippen MR) is 104 cm³/mol. The molecule has 0 unspecified atom stereocenters. The largest absolute Gasteiger partial charge is 0.342 e. The van der Waals surface area contributed by atoms with Crippen molar-refractivity contribution in [1.82, 2.24) is 19.4 Å². The zero-order chi connectivity index (χ0) is 17.0. The fourth-order valence-corrected chi connectivity index (χ4v) is 4.95. The van der Waals surface area contributed by atoms with Gasteiger partial charge in [-0.3, -0.25) is 9.38 Å². The lowest BCUT2D eigenvalue weighted by Crippen LogP contribution is -2.45. The third kappa shape index (κ3) is 2.28. The molecule has 3 aromatic heterocycles. The fourth-order valence-electron chi connectivity index (χ4n) is 4.41. The smallest absolute Gasteiger partial charge is 0.211 e. The summed E-state index contributed by atoms with van der Waals surface area (Å²) in [7, 11) is 0. The van der Waals surface area contributed by atoms with Crippen LogP contribution in [0.4, 0.5) is 5.95 Å². The number of fused-ring (bicyclic) bond motifs is 2. The quantitative estimate of drug-likeness (QED) is 0.582. The van der Waals surface area contributed by atoms with Crippen LogP contribution in [-0.2, 0) is 6.42 Å². The van der Waals surface area contributed by atoms with E-state index in [1.165, 1.54) is 5.56 Å². The second kappa shape index (κ2) is 5.63. The van der Waals surface area contributed by atoms with E-state index in [1.807, 2.05) is 30.9 Å². The maximum Gasteiger partial charge on any atom is 0.211 e. The van der Waals surface area contributed by atoms with Gasteiger partial charge in [-0.15, -0.1) is 0 Å². The molecular weight excluding hydrogens is 427 g/mol. The van der Waals surface area contributed by atoms with Gasteiger partial charge < -0.3 is 10.6 Å². The molecule has 25 heavy (non-hydrogen) atoms. The first kappa shape index (κ1) is 15.5. The zero-order valence-corrected chi connectivity index (χ0v) is 15.9. The lowest BCUT2D eigenvalue weighted by atomic mass is 9.73. The number of nitrogens with two attached hydrogens (primary N) is 1. The molecule has 0 aromatic carbocycles. The van der Waals surface area contributed by atoms with Crippen molar-refractivity contribution >= 4 is 34.2 Å².